The molecular weight excluding hydrogens is 288 g/mol. The number of rotatable bonds is 2. The normalized spacial score (nSPS) is 11.3. The van der Waals surface area contributed by atoms with Crippen LogP contribution in [0.25, 0.3) is 0 Å². The minimum absolute atomic E-state index is 0.0264. The third-order valence-electron chi connectivity index (χ3n) is 2.64. The van der Waals surface area contributed by atoms with E-state index in [1.165, 1.54) is 0 Å². The summed E-state index contributed by atoms with van der Waals surface area (Å²) in [5, 5.41) is 17.6. The van der Waals surface area contributed by atoms with E-state index in [2.05, 4.69) is 28.1 Å². The van der Waals surface area contributed by atoms with Crippen LogP contribution in [0.5, 0.6) is 0 Å². The summed E-state index contributed by atoms with van der Waals surface area (Å²) in [5.41, 5.74) is 3.37. The monoisotopic (exact) mass is 296 g/mol. The van der Waals surface area contributed by atoms with Gasteiger partial charge in [-0.15, -0.1) is 0 Å². The van der Waals surface area contributed by atoms with E-state index < -0.39 is 0 Å². The van der Waals surface area contributed by atoms with E-state index in [1.807, 2.05) is 30.3 Å². The van der Waals surface area contributed by atoms with Crippen molar-refractivity contribution in [3.05, 3.63) is 70.8 Å². The second kappa shape index (κ2) is 5.49. The zero-order valence-electron chi connectivity index (χ0n) is 9.47. The Morgan fingerprint density at radius 2 is 1.50 bits per heavy atom. The minimum atomic E-state index is 0.0264. The van der Waals surface area contributed by atoms with Crippen LogP contribution in [0.1, 0.15) is 27.1 Å². The predicted molar refractivity (Wildman–Crippen MR) is 73.1 cm³/mol. The molecule has 0 aromatic heterocycles. The molecule has 0 fully saturated rings. The SMILES string of the molecule is N#Cc1ccc([C@H](Br)c2cccc(C#N)c2)cc1. The lowest BCUT2D eigenvalue weighted by molar-refractivity contribution is 1.17. The highest BCUT2D eigenvalue weighted by molar-refractivity contribution is 9.09. The van der Waals surface area contributed by atoms with E-state index in [9.17, 15) is 0 Å². The lowest BCUT2D eigenvalue weighted by Gasteiger charge is -2.10. The summed E-state index contributed by atoms with van der Waals surface area (Å²) in [6, 6.07) is 19.1. The van der Waals surface area contributed by atoms with Gasteiger partial charge in [0, 0.05) is 0 Å². The van der Waals surface area contributed by atoms with Crippen LogP contribution in [-0.4, -0.2) is 0 Å². The molecule has 0 saturated carbocycles. The summed E-state index contributed by atoms with van der Waals surface area (Å²) < 4.78 is 0. The number of halogens is 1. The quantitative estimate of drug-likeness (QED) is 0.789. The first-order valence-electron chi connectivity index (χ1n) is 5.39. The van der Waals surface area contributed by atoms with Gasteiger partial charge in [-0.25, -0.2) is 0 Å². The first-order chi connectivity index (χ1) is 8.74. The summed E-state index contributed by atoms with van der Waals surface area (Å²) in [7, 11) is 0. The smallest absolute Gasteiger partial charge is 0.0991 e. The summed E-state index contributed by atoms with van der Waals surface area (Å²) in [6.45, 7) is 0. The molecule has 0 amide bonds. The molecule has 2 nitrogen and oxygen atoms in total. The Morgan fingerprint density at radius 1 is 0.833 bits per heavy atom. The molecule has 2 aromatic rings. The Labute approximate surface area is 114 Å². The van der Waals surface area contributed by atoms with Crippen molar-refractivity contribution in [1.82, 2.24) is 0 Å². The van der Waals surface area contributed by atoms with Gasteiger partial charge < -0.3 is 0 Å². The number of nitrogens with zero attached hydrogens (tertiary/aromatic N) is 2. The van der Waals surface area contributed by atoms with Crippen LogP contribution >= 0.6 is 15.9 Å². The molecule has 0 N–H and O–H groups in total. The minimum Gasteiger partial charge on any atom is -0.192 e. The first-order valence-corrected chi connectivity index (χ1v) is 6.30. The Kier molecular flexibility index (Phi) is 3.77. The lowest BCUT2D eigenvalue weighted by atomic mass is 10.0. The lowest BCUT2D eigenvalue weighted by Crippen LogP contribution is -1.93. The molecule has 2 rings (SSSR count). The fourth-order valence-electron chi connectivity index (χ4n) is 1.68. The molecule has 1 atom stereocenters. The molecular formula is C15H9BrN2. The van der Waals surface area contributed by atoms with Crippen LogP contribution in [-0.2, 0) is 0 Å². The van der Waals surface area contributed by atoms with Gasteiger partial charge in [-0.3, -0.25) is 0 Å². The van der Waals surface area contributed by atoms with Crippen LogP contribution in [0.15, 0.2) is 48.5 Å². The summed E-state index contributed by atoms with van der Waals surface area (Å²) in [6.07, 6.45) is 0. The zero-order valence-corrected chi connectivity index (χ0v) is 11.1. The Hall–Kier alpha value is -2.10. The van der Waals surface area contributed by atoms with E-state index in [4.69, 9.17) is 10.5 Å². The van der Waals surface area contributed by atoms with Crippen molar-refractivity contribution in [3.63, 3.8) is 0 Å². The second-order valence-electron chi connectivity index (χ2n) is 3.83. The molecule has 0 spiro atoms. The van der Waals surface area contributed by atoms with Gasteiger partial charge in [0.2, 0.25) is 0 Å². The third kappa shape index (κ3) is 2.59. The molecule has 0 aliphatic rings. The van der Waals surface area contributed by atoms with Gasteiger partial charge in [0.15, 0.2) is 0 Å². The highest BCUT2D eigenvalue weighted by Gasteiger charge is 2.10. The predicted octanol–water partition coefficient (Wildman–Crippen LogP) is 3.91. The van der Waals surface area contributed by atoms with E-state index in [0.29, 0.717) is 11.1 Å². The van der Waals surface area contributed by atoms with Crippen molar-refractivity contribution in [2.45, 2.75) is 4.83 Å². The molecule has 0 unspecified atom stereocenters. The molecule has 3 heteroatoms. The molecule has 0 radical (unpaired) electrons. The van der Waals surface area contributed by atoms with Gasteiger partial charge >= 0.3 is 0 Å². The fourth-order valence-corrected chi connectivity index (χ4v) is 2.27. The van der Waals surface area contributed by atoms with Gasteiger partial charge in [0.05, 0.1) is 28.1 Å². The van der Waals surface area contributed by atoms with Crippen LogP contribution in [0.3, 0.4) is 0 Å². The van der Waals surface area contributed by atoms with Crippen molar-refractivity contribution >= 4 is 15.9 Å². The van der Waals surface area contributed by atoms with Crippen molar-refractivity contribution in [2.24, 2.45) is 0 Å². The highest BCUT2D eigenvalue weighted by Crippen LogP contribution is 2.31. The van der Waals surface area contributed by atoms with Crippen molar-refractivity contribution in [1.29, 1.82) is 10.5 Å². The highest BCUT2D eigenvalue weighted by atomic mass is 79.9. The maximum absolute atomic E-state index is 8.88. The van der Waals surface area contributed by atoms with E-state index >= 15 is 0 Å². The van der Waals surface area contributed by atoms with Crippen molar-refractivity contribution < 1.29 is 0 Å². The van der Waals surface area contributed by atoms with Gasteiger partial charge in [-0.2, -0.15) is 10.5 Å². The van der Waals surface area contributed by atoms with Gasteiger partial charge in [0.1, 0.15) is 0 Å². The number of hydrogen-bond acceptors (Lipinski definition) is 2. The van der Waals surface area contributed by atoms with Crippen LogP contribution in [0.4, 0.5) is 0 Å². The average molecular weight is 297 g/mol. The Morgan fingerprint density at radius 3 is 2.11 bits per heavy atom. The zero-order chi connectivity index (χ0) is 13.0. The van der Waals surface area contributed by atoms with E-state index in [1.54, 1.807) is 18.2 Å². The van der Waals surface area contributed by atoms with E-state index in [0.717, 1.165) is 11.1 Å². The molecule has 0 aliphatic heterocycles. The maximum Gasteiger partial charge on any atom is 0.0991 e. The molecule has 86 valence electrons. The Bertz CT molecular complexity index is 633. The number of hydrogen-bond donors (Lipinski definition) is 0. The maximum atomic E-state index is 8.88. The third-order valence-corrected chi connectivity index (χ3v) is 3.70. The van der Waals surface area contributed by atoms with Crippen molar-refractivity contribution in [2.75, 3.05) is 0 Å². The van der Waals surface area contributed by atoms with Gasteiger partial charge in [-0.1, -0.05) is 40.2 Å². The molecule has 2 aromatic carbocycles. The van der Waals surface area contributed by atoms with Crippen molar-refractivity contribution in [3.8, 4) is 12.1 Å². The topological polar surface area (TPSA) is 47.6 Å². The molecule has 0 aliphatic carbocycles. The average Bonchev–Trinajstić information content (AvgIpc) is 2.46. The van der Waals surface area contributed by atoms with E-state index in [-0.39, 0.29) is 4.83 Å². The fraction of sp³-hybridized carbons (Fsp3) is 0.0667. The molecule has 0 heterocycles. The van der Waals surface area contributed by atoms with Crippen LogP contribution in [0.2, 0.25) is 0 Å². The largest absolute Gasteiger partial charge is 0.192 e. The van der Waals surface area contributed by atoms with Crippen LogP contribution in [0, 0.1) is 22.7 Å². The molecule has 18 heavy (non-hydrogen) atoms. The number of nitriles is 2. The second-order valence-corrected chi connectivity index (χ2v) is 4.75. The van der Waals surface area contributed by atoms with Gasteiger partial charge in [-0.05, 0) is 35.4 Å². The van der Waals surface area contributed by atoms with Gasteiger partial charge in [0.25, 0.3) is 0 Å². The number of benzene rings is 2. The number of alkyl halides is 1. The summed E-state index contributed by atoms with van der Waals surface area (Å²) >= 11 is 3.61. The summed E-state index contributed by atoms with van der Waals surface area (Å²) in [5.74, 6) is 0. The molecule has 0 saturated heterocycles. The Balaban J connectivity index is 2.32. The van der Waals surface area contributed by atoms with Crippen LogP contribution < -0.4 is 0 Å². The molecule has 0 bridgehead atoms. The first kappa shape index (κ1) is 12.4. The standard InChI is InChI=1S/C15H9BrN2/c16-15(13-6-4-11(9-17)5-7-13)14-3-1-2-12(8-14)10-18/h1-8,15H/t15-/m0/s1. The summed E-state index contributed by atoms with van der Waals surface area (Å²) in [4.78, 5) is 0.0264.